The molecule has 0 saturated carbocycles. The summed E-state index contributed by atoms with van der Waals surface area (Å²) in [5.41, 5.74) is 0.863. The number of methoxy groups -OCH3 is 1. The van der Waals surface area contributed by atoms with Gasteiger partial charge in [0, 0.05) is 31.4 Å². The van der Waals surface area contributed by atoms with Gasteiger partial charge in [-0.15, -0.1) is 0 Å². The minimum absolute atomic E-state index is 0.0597. The van der Waals surface area contributed by atoms with Gasteiger partial charge in [-0.2, -0.15) is 0 Å². The molecule has 0 fully saturated rings. The molecule has 0 amide bonds. The lowest BCUT2D eigenvalue weighted by Gasteiger charge is -2.14. The predicted molar refractivity (Wildman–Crippen MR) is 76.8 cm³/mol. The SMILES string of the molecule is COCCOCCCNC(C)c1ccccc1[N+](=O)[O-]. The first-order valence-electron chi connectivity index (χ1n) is 6.70. The van der Waals surface area contributed by atoms with Crippen molar-refractivity contribution in [2.45, 2.75) is 19.4 Å². The molecule has 0 spiro atoms. The fourth-order valence-corrected chi connectivity index (χ4v) is 1.87. The molecule has 20 heavy (non-hydrogen) atoms. The largest absolute Gasteiger partial charge is 0.382 e. The normalized spacial score (nSPS) is 12.3. The van der Waals surface area contributed by atoms with E-state index in [0.717, 1.165) is 13.0 Å². The van der Waals surface area contributed by atoms with Crippen LogP contribution in [-0.2, 0) is 9.47 Å². The Balaban J connectivity index is 2.32. The molecule has 1 unspecified atom stereocenters. The average molecular weight is 282 g/mol. The molecule has 0 aromatic heterocycles. The number of nitrogens with zero attached hydrogens (tertiary/aromatic N) is 1. The van der Waals surface area contributed by atoms with Crippen molar-refractivity contribution in [3.8, 4) is 0 Å². The number of para-hydroxylation sites is 1. The van der Waals surface area contributed by atoms with Gasteiger partial charge in [-0.1, -0.05) is 18.2 Å². The molecular formula is C14H22N2O4. The molecule has 6 nitrogen and oxygen atoms in total. The number of nitro groups is 1. The highest BCUT2D eigenvalue weighted by Crippen LogP contribution is 2.24. The van der Waals surface area contributed by atoms with E-state index in [9.17, 15) is 10.1 Å². The quantitative estimate of drug-likeness (QED) is 0.405. The molecule has 1 rings (SSSR count). The first kappa shape index (κ1) is 16.6. The summed E-state index contributed by atoms with van der Waals surface area (Å²) in [6.45, 7) is 4.52. The van der Waals surface area contributed by atoms with E-state index in [1.807, 2.05) is 13.0 Å². The average Bonchev–Trinajstić information content (AvgIpc) is 2.46. The maximum Gasteiger partial charge on any atom is 0.274 e. The van der Waals surface area contributed by atoms with Gasteiger partial charge in [0.2, 0.25) is 0 Å². The van der Waals surface area contributed by atoms with Gasteiger partial charge in [-0.05, 0) is 19.9 Å². The Morgan fingerprint density at radius 3 is 2.75 bits per heavy atom. The number of rotatable bonds is 10. The number of nitrogens with one attached hydrogen (secondary N) is 1. The minimum Gasteiger partial charge on any atom is -0.382 e. The van der Waals surface area contributed by atoms with Gasteiger partial charge >= 0.3 is 0 Å². The van der Waals surface area contributed by atoms with E-state index in [2.05, 4.69) is 5.32 Å². The summed E-state index contributed by atoms with van der Waals surface area (Å²) in [5.74, 6) is 0. The van der Waals surface area contributed by atoms with Crippen molar-refractivity contribution >= 4 is 5.69 Å². The lowest BCUT2D eigenvalue weighted by Crippen LogP contribution is -2.22. The molecule has 1 aromatic rings. The van der Waals surface area contributed by atoms with E-state index in [-0.39, 0.29) is 16.7 Å². The Morgan fingerprint density at radius 1 is 1.30 bits per heavy atom. The molecule has 0 saturated heterocycles. The zero-order valence-electron chi connectivity index (χ0n) is 12.0. The van der Waals surface area contributed by atoms with Gasteiger partial charge in [0.05, 0.1) is 18.1 Å². The van der Waals surface area contributed by atoms with Crippen molar-refractivity contribution in [2.75, 3.05) is 33.5 Å². The molecule has 0 radical (unpaired) electrons. The highest BCUT2D eigenvalue weighted by atomic mass is 16.6. The van der Waals surface area contributed by atoms with Crippen molar-refractivity contribution in [2.24, 2.45) is 0 Å². The zero-order chi connectivity index (χ0) is 14.8. The smallest absolute Gasteiger partial charge is 0.274 e. The molecule has 0 bridgehead atoms. The van der Waals surface area contributed by atoms with E-state index in [0.29, 0.717) is 25.4 Å². The summed E-state index contributed by atoms with van der Waals surface area (Å²) >= 11 is 0. The lowest BCUT2D eigenvalue weighted by atomic mass is 10.1. The Morgan fingerprint density at radius 2 is 2.05 bits per heavy atom. The number of nitro benzene ring substituents is 1. The van der Waals surface area contributed by atoms with Crippen LogP contribution >= 0.6 is 0 Å². The molecule has 1 atom stereocenters. The lowest BCUT2D eigenvalue weighted by molar-refractivity contribution is -0.385. The topological polar surface area (TPSA) is 73.6 Å². The first-order chi connectivity index (χ1) is 9.66. The van der Waals surface area contributed by atoms with Crippen LogP contribution in [0.1, 0.15) is 24.9 Å². The fraction of sp³-hybridized carbons (Fsp3) is 0.571. The Labute approximate surface area is 119 Å². The van der Waals surface area contributed by atoms with Gasteiger partial charge in [0.25, 0.3) is 5.69 Å². The second-order valence-corrected chi connectivity index (χ2v) is 4.45. The van der Waals surface area contributed by atoms with Crippen LogP contribution in [0, 0.1) is 10.1 Å². The van der Waals surface area contributed by atoms with E-state index < -0.39 is 0 Å². The van der Waals surface area contributed by atoms with Crippen LogP contribution in [0.2, 0.25) is 0 Å². The summed E-state index contributed by atoms with van der Waals surface area (Å²) in [6.07, 6.45) is 0.856. The molecule has 6 heteroatoms. The Kier molecular flexibility index (Phi) is 7.79. The van der Waals surface area contributed by atoms with Crippen LogP contribution < -0.4 is 5.32 Å². The second kappa shape index (κ2) is 9.41. The summed E-state index contributed by atoms with van der Waals surface area (Å²) in [4.78, 5) is 10.6. The van der Waals surface area contributed by atoms with E-state index in [4.69, 9.17) is 9.47 Å². The molecule has 1 aromatic carbocycles. The zero-order valence-corrected chi connectivity index (χ0v) is 12.0. The monoisotopic (exact) mass is 282 g/mol. The number of ether oxygens (including phenoxy) is 2. The molecule has 0 heterocycles. The van der Waals surface area contributed by atoms with Gasteiger partial charge in [-0.3, -0.25) is 10.1 Å². The van der Waals surface area contributed by atoms with Gasteiger partial charge in [0.1, 0.15) is 0 Å². The van der Waals surface area contributed by atoms with Crippen LogP contribution in [-0.4, -0.2) is 38.4 Å². The molecule has 112 valence electrons. The number of hydrogen-bond acceptors (Lipinski definition) is 5. The van der Waals surface area contributed by atoms with Crippen molar-refractivity contribution in [3.63, 3.8) is 0 Å². The predicted octanol–water partition coefficient (Wildman–Crippen LogP) is 2.30. The Hall–Kier alpha value is -1.50. The van der Waals surface area contributed by atoms with Crippen LogP contribution in [0.4, 0.5) is 5.69 Å². The van der Waals surface area contributed by atoms with Crippen LogP contribution in [0.15, 0.2) is 24.3 Å². The summed E-state index contributed by atoms with van der Waals surface area (Å²) < 4.78 is 10.2. The van der Waals surface area contributed by atoms with E-state index in [1.54, 1.807) is 19.2 Å². The maximum absolute atomic E-state index is 10.9. The number of hydrogen-bond donors (Lipinski definition) is 1. The fourth-order valence-electron chi connectivity index (χ4n) is 1.87. The third-order valence-corrected chi connectivity index (χ3v) is 2.95. The van der Waals surface area contributed by atoms with Crippen molar-refractivity contribution in [3.05, 3.63) is 39.9 Å². The standard InChI is InChI=1S/C14H22N2O4/c1-12(15-8-5-9-20-11-10-19-2)13-6-3-4-7-14(13)16(17)18/h3-4,6-7,12,15H,5,8-11H2,1-2H3. The molecule has 0 aliphatic heterocycles. The van der Waals surface area contributed by atoms with Crippen LogP contribution in [0.5, 0.6) is 0 Å². The number of benzene rings is 1. The first-order valence-corrected chi connectivity index (χ1v) is 6.70. The third kappa shape index (κ3) is 5.64. The summed E-state index contributed by atoms with van der Waals surface area (Å²) in [6, 6.07) is 6.74. The van der Waals surface area contributed by atoms with Gasteiger partial charge < -0.3 is 14.8 Å². The Bertz CT molecular complexity index is 412. The molecule has 1 N–H and O–H groups in total. The summed E-state index contributed by atoms with van der Waals surface area (Å²) in [5, 5.41) is 14.2. The second-order valence-electron chi connectivity index (χ2n) is 4.45. The molecule has 0 aliphatic carbocycles. The van der Waals surface area contributed by atoms with Gasteiger partial charge in [0.15, 0.2) is 0 Å². The summed E-state index contributed by atoms with van der Waals surface area (Å²) in [7, 11) is 1.64. The highest BCUT2D eigenvalue weighted by Gasteiger charge is 2.17. The van der Waals surface area contributed by atoms with E-state index in [1.165, 1.54) is 6.07 Å². The maximum atomic E-state index is 10.9. The van der Waals surface area contributed by atoms with E-state index >= 15 is 0 Å². The van der Waals surface area contributed by atoms with Crippen LogP contribution in [0.3, 0.4) is 0 Å². The van der Waals surface area contributed by atoms with Crippen molar-refractivity contribution in [1.29, 1.82) is 0 Å². The molecular weight excluding hydrogens is 260 g/mol. The minimum atomic E-state index is -0.346. The molecule has 0 aliphatic rings. The van der Waals surface area contributed by atoms with Crippen LogP contribution in [0.25, 0.3) is 0 Å². The van der Waals surface area contributed by atoms with Crippen molar-refractivity contribution < 1.29 is 14.4 Å². The third-order valence-electron chi connectivity index (χ3n) is 2.95. The van der Waals surface area contributed by atoms with Gasteiger partial charge in [-0.25, -0.2) is 0 Å². The highest BCUT2D eigenvalue weighted by molar-refractivity contribution is 5.41. The van der Waals surface area contributed by atoms with Crippen molar-refractivity contribution in [1.82, 2.24) is 5.32 Å².